The number of nitrogens with zero attached hydrogens (tertiary/aromatic N) is 4. The molecule has 0 saturated heterocycles. The first kappa shape index (κ1) is 14.0. The van der Waals surface area contributed by atoms with Crippen LogP contribution < -0.4 is 10.5 Å². The molecule has 1 aliphatic heterocycles. The summed E-state index contributed by atoms with van der Waals surface area (Å²) < 4.78 is 7.83. The van der Waals surface area contributed by atoms with Crippen LogP contribution in [0.1, 0.15) is 11.4 Å². The van der Waals surface area contributed by atoms with Crippen LogP contribution in [0.25, 0.3) is 0 Å². The maximum absolute atomic E-state index is 5.74. The first-order valence-electron chi connectivity index (χ1n) is 6.84. The second-order valence-electron chi connectivity index (χ2n) is 4.95. The fourth-order valence-corrected chi connectivity index (χ4v) is 2.45. The van der Waals surface area contributed by atoms with E-state index in [0.717, 1.165) is 43.3 Å². The number of aromatic nitrogens is 3. The zero-order valence-corrected chi connectivity index (χ0v) is 12.4. The van der Waals surface area contributed by atoms with E-state index in [1.807, 2.05) is 24.3 Å². The summed E-state index contributed by atoms with van der Waals surface area (Å²) in [6.07, 6.45) is 1.78. The SMILES string of the molecule is NC(=S)c1ccc(OCCN2CCn3cnnc3C2)cc1. The molecule has 2 heterocycles. The van der Waals surface area contributed by atoms with Crippen molar-refractivity contribution < 1.29 is 4.74 Å². The molecule has 2 N–H and O–H groups in total. The molecule has 0 unspecified atom stereocenters. The van der Waals surface area contributed by atoms with Gasteiger partial charge in [0, 0.05) is 25.2 Å². The highest BCUT2D eigenvalue weighted by Gasteiger charge is 2.16. The third-order valence-electron chi connectivity index (χ3n) is 3.53. The standard InChI is InChI=1S/C14H17N5OS/c15-14(21)11-1-3-12(4-2-11)20-8-7-18-5-6-19-10-16-17-13(19)9-18/h1-4,10H,5-9H2,(H2,15,21). The van der Waals surface area contributed by atoms with Crippen LogP contribution in [0.3, 0.4) is 0 Å². The van der Waals surface area contributed by atoms with Gasteiger partial charge < -0.3 is 15.0 Å². The lowest BCUT2D eigenvalue weighted by Gasteiger charge is -2.26. The zero-order valence-electron chi connectivity index (χ0n) is 11.6. The second kappa shape index (κ2) is 6.19. The van der Waals surface area contributed by atoms with Crippen molar-refractivity contribution in [2.75, 3.05) is 19.7 Å². The molecule has 3 rings (SSSR count). The van der Waals surface area contributed by atoms with Gasteiger partial charge in [0.25, 0.3) is 0 Å². The molecule has 0 atom stereocenters. The smallest absolute Gasteiger partial charge is 0.147 e. The van der Waals surface area contributed by atoms with E-state index in [-0.39, 0.29) is 0 Å². The van der Waals surface area contributed by atoms with Gasteiger partial charge in [-0.3, -0.25) is 4.90 Å². The Morgan fingerprint density at radius 2 is 2.10 bits per heavy atom. The van der Waals surface area contributed by atoms with Gasteiger partial charge in [0.15, 0.2) is 0 Å². The number of benzene rings is 1. The van der Waals surface area contributed by atoms with Crippen molar-refractivity contribution in [1.82, 2.24) is 19.7 Å². The molecule has 1 aromatic heterocycles. The van der Waals surface area contributed by atoms with Gasteiger partial charge in [0.2, 0.25) is 0 Å². The molecular formula is C14H17N5OS. The molecule has 1 aromatic carbocycles. The average Bonchev–Trinajstić information content (AvgIpc) is 2.95. The summed E-state index contributed by atoms with van der Waals surface area (Å²) in [5, 5.41) is 8.03. The summed E-state index contributed by atoms with van der Waals surface area (Å²) >= 11 is 4.92. The summed E-state index contributed by atoms with van der Waals surface area (Å²) in [6, 6.07) is 7.53. The molecule has 7 heteroatoms. The highest BCUT2D eigenvalue weighted by molar-refractivity contribution is 7.80. The van der Waals surface area contributed by atoms with Crippen LogP contribution in [-0.4, -0.2) is 44.3 Å². The van der Waals surface area contributed by atoms with Crippen molar-refractivity contribution >= 4 is 17.2 Å². The topological polar surface area (TPSA) is 69.2 Å². The third-order valence-corrected chi connectivity index (χ3v) is 3.77. The Morgan fingerprint density at radius 3 is 2.86 bits per heavy atom. The molecule has 0 fully saturated rings. The summed E-state index contributed by atoms with van der Waals surface area (Å²) in [5.74, 6) is 1.84. The minimum atomic E-state index is 0.402. The number of hydrogen-bond acceptors (Lipinski definition) is 5. The molecule has 110 valence electrons. The molecule has 0 saturated carbocycles. The van der Waals surface area contributed by atoms with Crippen LogP contribution in [0.15, 0.2) is 30.6 Å². The number of fused-ring (bicyclic) bond motifs is 1. The molecule has 6 nitrogen and oxygen atoms in total. The molecule has 0 amide bonds. The molecule has 2 aromatic rings. The van der Waals surface area contributed by atoms with Crippen LogP contribution in [0.2, 0.25) is 0 Å². The minimum absolute atomic E-state index is 0.402. The maximum atomic E-state index is 5.74. The van der Waals surface area contributed by atoms with Crippen molar-refractivity contribution in [3.63, 3.8) is 0 Å². The molecular weight excluding hydrogens is 286 g/mol. The van der Waals surface area contributed by atoms with Gasteiger partial charge in [-0.05, 0) is 24.3 Å². The zero-order chi connectivity index (χ0) is 14.7. The number of hydrogen-bond donors (Lipinski definition) is 1. The van der Waals surface area contributed by atoms with Gasteiger partial charge in [-0.15, -0.1) is 10.2 Å². The molecule has 0 bridgehead atoms. The summed E-state index contributed by atoms with van der Waals surface area (Å²) in [4.78, 5) is 2.71. The normalized spacial score (nSPS) is 14.7. The van der Waals surface area contributed by atoms with Gasteiger partial charge in [-0.1, -0.05) is 12.2 Å². The lowest BCUT2D eigenvalue weighted by molar-refractivity contribution is 0.174. The number of rotatable bonds is 5. The second-order valence-corrected chi connectivity index (χ2v) is 5.39. The van der Waals surface area contributed by atoms with E-state index >= 15 is 0 Å². The van der Waals surface area contributed by atoms with E-state index in [1.165, 1.54) is 0 Å². The maximum Gasteiger partial charge on any atom is 0.147 e. The molecule has 0 spiro atoms. The number of thiocarbonyl (C=S) groups is 1. The Morgan fingerprint density at radius 1 is 1.29 bits per heavy atom. The van der Waals surface area contributed by atoms with E-state index in [1.54, 1.807) is 6.33 Å². The van der Waals surface area contributed by atoms with Crippen molar-refractivity contribution in [1.29, 1.82) is 0 Å². The van der Waals surface area contributed by atoms with Crippen molar-refractivity contribution in [3.05, 3.63) is 42.0 Å². The van der Waals surface area contributed by atoms with E-state index in [9.17, 15) is 0 Å². The largest absolute Gasteiger partial charge is 0.492 e. The van der Waals surface area contributed by atoms with Crippen LogP contribution >= 0.6 is 12.2 Å². The van der Waals surface area contributed by atoms with Gasteiger partial charge >= 0.3 is 0 Å². The van der Waals surface area contributed by atoms with Crippen molar-refractivity contribution in [2.45, 2.75) is 13.1 Å². The fourth-order valence-electron chi connectivity index (χ4n) is 2.32. The highest BCUT2D eigenvalue weighted by atomic mass is 32.1. The van der Waals surface area contributed by atoms with E-state index < -0.39 is 0 Å². The lowest BCUT2D eigenvalue weighted by Crippen LogP contribution is -2.36. The number of ether oxygens (including phenoxy) is 1. The Labute approximate surface area is 128 Å². The van der Waals surface area contributed by atoms with Gasteiger partial charge in [0.1, 0.15) is 29.5 Å². The molecule has 21 heavy (non-hydrogen) atoms. The molecule has 1 aliphatic rings. The summed E-state index contributed by atoms with van der Waals surface area (Å²) in [6.45, 7) is 4.26. The van der Waals surface area contributed by atoms with Crippen LogP contribution in [-0.2, 0) is 13.1 Å². The lowest BCUT2D eigenvalue weighted by atomic mass is 10.2. The Hall–Kier alpha value is -1.99. The monoisotopic (exact) mass is 303 g/mol. The molecule has 0 aliphatic carbocycles. The van der Waals surface area contributed by atoms with Crippen LogP contribution in [0.4, 0.5) is 0 Å². The van der Waals surface area contributed by atoms with E-state index in [2.05, 4.69) is 19.7 Å². The van der Waals surface area contributed by atoms with Gasteiger partial charge in [0.05, 0.1) is 6.54 Å². The number of nitrogens with two attached hydrogens (primary N) is 1. The van der Waals surface area contributed by atoms with Crippen LogP contribution in [0.5, 0.6) is 5.75 Å². The Balaban J connectivity index is 1.47. The predicted molar refractivity (Wildman–Crippen MR) is 83.1 cm³/mol. The van der Waals surface area contributed by atoms with Gasteiger partial charge in [-0.25, -0.2) is 0 Å². The average molecular weight is 303 g/mol. The summed E-state index contributed by atoms with van der Waals surface area (Å²) in [5.41, 5.74) is 6.42. The Bertz CT molecular complexity index is 625. The van der Waals surface area contributed by atoms with E-state index in [0.29, 0.717) is 11.6 Å². The van der Waals surface area contributed by atoms with Crippen LogP contribution in [0, 0.1) is 0 Å². The van der Waals surface area contributed by atoms with E-state index in [4.69, 9.17) is 22.7 Å². The predicted octanol–water partition coefficient (Wildman–Crippen LogP) is 0.807. The third kappa shape index (κ3) is 3.37. The minimum Gasteiger partial charge on any atom is -0.492 e. The fraction of sp³-hybridized carbons (Fsp3) is 0.357. The van der Waals surface area contributed by atoms with Crippen molar-refractivity contribution in [3.8, 4) is 5.75 Å². The first-order chi connectivity index (χ1) is 10.2. The molecule has 0 radical (unpaired) electrons. The highest BCUT2D eigenvalue weighted by Crippen LogP contribution is 2.13. The first-order valence-corrected chi connectivity index (χ1v) is 7.25. The van der Waals surface area contributed by atoms with Gasteiger partial charge in [-0.2, -0.15) is 0 Å². The summed E-state index contributed by atoms with van der Waals surface area (Å²) in [7, 11) is 0. The quantitative estimate of drug-likeness (QED) is 0.824. The Kier molecular flexibility index (Phi) is 4.12. The van der Waals surface area contributed by atoms with Crippen molar-refractivity contribution in [2.24, 2.45) is 5.73 Å².